The van der Waals surface area contributed by atoms with Gasteiger partial charge < -0.3 is 5.73 Å². The summed E-state index contributed by atoms with van der Waals surface area (Å²) in [6.45, 7) is 3.51. The second kappa shape index (κ2) is 5.44. The minimum absolute atomic E-state index is 0.156. The van der Waals surface area contributed by atoms with Crippen molar-refractivity contribution in [3.05, 3.63) is 58.7 Å². The van der Waals surface area contributed by atoms with Crippen LogP contribution < -0.4 is 5.73 Å². The molecule has 0 unspecified atom stereocenters. The Morgan fingerprint density at radius 3 is 2.00 bits per heavy atom. The summed E-state index contributed by atoms with van der Waals surface area (Å²) < 4.78 is 52.3. The van der Waals surface area contributed by atoms with Crippen LogP contribution in [0.3, 0.4) is 0 Å². The Labute approximate surface area is 122 Å². The fourth-order valence-electron chi connectivity index (χ4n) is 2.22. The fraction of sp³-hybridized carbons (Fsp3) is 0.200. The number of anilines is 1. The van der Waals surface area contributed by atoms with Crippen LogP contribution in [-0.2, 0) is 15.6 Å². The maximum Gasteiger partial charge on any atom is 0.188 e. The van der Waals surface area contributed by atoms with Gasteiger partial charge in [-0.2, -0.15) is 0 Å². The van der Waals surface area contributed by atoms with E-state index in [0.717, 1.165) is 23.3 Å². The molecular formula is C15H15F2NO2S. The molecule has 21 heavy (non-hydrogen) atoms. The van der Waals surface area contributed by atoms with E-state index in [4.69, 9.17) is 5.73 Å². The van der Waals surface area contributed by atoms with Gasteiger partial charge >= 0.3 is 0 Å². The third kappa shape index (κ3) is 3.05. The van der Waals surface area contributed by atoms with E-state index >= 15 is 0 Å². The molecule has 0 bridgehead atoms. The van der Waals surface area contributed by atoms with E-state index in [1.54, 1.807) is 32.0 Å². The van der Waals surface area contributed by atoms with Gasteiger partial charge in [-0.25, -0.2) is 17.2 Å². The molecule has 0 saturated carbocycles. The first-order valence-electron chi connectivity index (χ1n) is 6.25. The third-order valence-electron chi connectivity index (χ3n) is 3.31. The van der Waals surface area contributed by atoms with Crippen molar-refractivity contribution in [1.29, 1.82) is 0 Å². The zero-order chi connectivity index (χ0) is 15.8. The second-order valence-corrected chi connectivity index (χ2v) is 6.87. The lowest BCUT2D eigenvalue weighted by molar-refractivity contribution is 0.520. The molecule has 2 aromatic carbocycles. The summed E-state index contributed by atoms with van der Waals surface area (Å²) in [6, 6.07) is 6.92. The zero-order valence-electron chi connectivity index (χ0n) is 11.7. The molecule has 112 valence electrons. The highest BCUT2D eigenvalue weighted by molar-refractivity contribution is 7.90. The van der Waals surface area contributed by atoms with E-state index in [-0.39, 0.29) is 5.69 Å². The molecule has 2 rings (SSSR count). The highest BCUT2D eigenvalue weighted by Crippen LogP contribution is 2.27. The molecule has 0 fully saturated rings. The number of sulfone groups is 1. The van der Waals surface area contributed by atoms with Crippen LogP contribution in [0.2, 0.25) is 0 Å². The molecule has 0 aliphatic heterocycles. The molecule has 0 spiro atoms. The smallest absolute Gasteiger partial charge is 0.188 e. The molecule has 0 heterocycles. The Balaban J connectivity index is 2.54. The number of hydrogen-bond acceptors (Lipinski definition) is 3. The molecule has 3 nitrogen and oxygen atoms in total. The van der Waals surface area contributed by atoms with Gasteiger partial charge in [0.1, 0.15) is 16.5 Å². The molecule has 0 saturated heterocycles. The van der Waals surface area contributed by atoms with Crippen LogP contribution in [0.15, 0.2) is 35.2 Å². The lowest BCUT2D eigenvalue weighted by Crippen LogP contribution is -2.12. The van der Waals surface area contributed by atoms with Gasteiger partial charge in [0, 0.05) is 5.69 Å². The molecule has 0 amide bonds. The normalized spacial score (nSPS) is 11.6. The highest BCUT2D eigenvalue weighted by atomic mass is 32.2. The number of nitrogen functional groups attached to an aromatic ring is 1. The van der Waals surface area contributed by atoms with Gasteiger partial charge in [-0.05, 0) is 42.7 Å². The summed E-state index contributed by atoms with van der Waals surface area (Å²) >= 11 is 0. The van der Waals surface area contributed by atoms with Gasteiger partial charge in [0.15, 0.2) is 9.84 Å². The van der Waals surface area contributed by atoms with Crippen molar-refractivity contribution < 1.29 is 17.2 Å². The average Bonchev–Trinajstić information content (AvgIpc) is 2.32. The lowest BCUT2D eigenvalue weighted by Gasteiger charge is -2.12. The standard InChI is InChI=1S/C15H15F2NO2S/c1-9-4-3-5-10(2)12(9)8-21(19,20)15-13(16)6-11(18)7-14(15)17/h3-7H,8,18H2,1-2H3. The Bertz CT molecular complexity index is 758. The minimum Gasteiger partial charge on any atom is -0.399 e. The van der Waals surface area contributed by atoms with Gasteiger partial charge in [0.25, 0.3) is 0 Å². The van der Waals surface area contributed by atoms with Crippen LogP contribution in [0.4, 0.5) is 14.5 Å². The van der Waals surface area contributed by atoms with Crippen LogP contribution in [0.1, 0.15) is 16.7 Å². The highest BCUT2D eigenvalue weighted by Gasteiger charge is 2.26. The first-order valence-corrected chi connectivity index (χ1v) is 7.90. The van der Waals surface area contributed by atoms with Gasteiger partial charge in [-0.1, -0.05) is 18.2 Å². The molecular weight excluding hydrogens is 296 g/mol. The minimum atomic E-state index is -4.14. The van der Waals surface area contributed by atoms with Crippen LogP contribution in [0.5, 0.6) is 0 Å². The average molecular weight is 311 g/mol. The van der Waals surface area contributed by atoms with E-state index < -0.39 is 32.1 Å². The van der Waals surface area contributed by atoms with E-state index in [0.29, 0.717) is 5.56 Å². The summed E-state index contributed by atoms with van der Waals surface area (Å²) in [7, 11) is -4.14. The third-order valence-corrected chi connectivity index (χ3v) is 4.99. The Hall–Kier alpha value is -1.95. The molecule has 0 aromatic heterocycles. The molecule has 0 radical (unpaired) electrons. The summed E-state index contributed by atoms with van der Waals surface area (Å²) in [6.07, 6.45) is 0. The van der Waals surface area contributed by atoms with Gasteiger partial charge in [0.05, 0.1) is 5.75 Å². The number of nitrogens with two attached hydrogens (primary N) is 1. The summed E-state index contributed by atoms with van der Waals surface area (Å²) in [5.41, 5.74) is 7.21. The van der Waals surface area contributed by atoms with Crippen molar-refractivity contribution in [3.63, 3.8) is 0 Å². The molecule has 2 aromatic rings. The van der Waals surface area contributed by atoms with Gasteiger partial charge in [-0.15, -0.1) is 0 Å². The number of aryl methyl sites for hydroxylation is 2. The number of hydrogen-bond donors (Lipinski definition) is 1. The quantitative estimate of drug-likeness (QED) is 0.886. The lowest BCUT2D eigenvalue weighted by atomic mass is 10.1. The van der Waals surface area contributed by atoms with E-state index in [9.17, 15) is 17.2 Å². The fourth-order valence-corrected chi connectivity index (χ4v) is 3.91. The van der Waals surface area contributed by atoms with Crippen LogP contribution >= 0.6 is 0 Å². The van der Waals surface area contributed by atoms with Crippen LogP contribution in [0, 0.1) is 25.5 Å². The largest absolute Gasteiger partial charge is 0.399 e. The first-order chi connectivity index (χ1) is 9.72. The summed E-state index contributed by atoms with van der Waals surface area (Å²) in [4.78, 5) is -0.931. The zero-order valence-corrected chi connectivity index (χ0v) is 12.5. The molecule has 6 heteroatoms. The summed E-state index contributed by atoms with van der Waals surface area (Å²) in [5.74, 6) is -2.79. The molecule has 0 atom stereocenters. The van der Waals surface area contributed by atoms with Crippen molar-refractivity contribution in [2.24, 2.45) is 0 Å². The predicted octanol–water partition coefficient (Wildman–Crippen LogP) is 3.14. The van der Waals surface area contributed by atoms with E-state index in [1.807, 2.05) is 0 Å². The van der Waals surface area contributed by atoms with E-state index in [1.165, 1.54) is 0 Å². The van der Waals surface area contributed by atoms with E-state index in [2.05, 4.69) is 0 Å². The van der Waals surface area contributed by atoms with Gasteiger partial charge in [0.2, 0.25) is 0 Å². The van der Waals surface area contributed by atoms with Crippen LogP contribution in [-0.4, -0.2) is 8.42 Å². The van der Waals surface area contributed by atoms with Crippen molar-refractivity contribution >= 4 is 15.5 Å². The van der Waals surface area contributed by atoms with Gasteiger partial charge in [-0.3, -0.25) is 0 Å². The second-order valence-electron chi connectivity index (χ2n) is 4.94. The first kappa shape index (κ1) is 15.4. The number of benzene rings is 2. The topological polar surface area (TPSA) is 60.2 Å². The number of rotatable bonds is 3. The Morgan fingerprint density at radius 2 is 1.52 bits per heavy atom. The predicted molar refractivity (Wildman–Crippen MR) is 77.6 cm³/mol. The molecule has 0 aliphatic rings. The van der Waals surface area contributed by atoms with Crippen molar-refractivity contribution in [3.8, 4) is 0 Å². The number of halogens is 2. The summed E-state index contributed by atoms with van der Waals surface area (Å²) in [5, 5.41) is 0. The van der Waals surface area contributed by atoms with Crippen molar-refractivity contribution in [2.75, 3.05) is 5.73 Å². The maximum atomic E-state index is 13.8. The molecule has 0 aliphatic carbocycles. The molecule has 2 N–H and O–H groups in total. The Morgan fingerprint density at radius 1 is 1.05 bits per heavy atom. The monoisotopic (exact) mass is 311 g/mol. The van der Waals surface area contributed by atoms with Crippen molar-refractivity contribution in [1.82, 2.24) is 0 Å². The van der Waals surface area contributed by atoms with Crippen molar-refractivity contribution in [2.45, 2.75) is 24.5 Å². The maximum absolute atomic E-state index is 13.8. The SMILES string of the molecule is Cc1cccc(C)c1CS(=O)(=O)c1c(F)cc(N)cc1F. The Kier molecular flexibility index (Phi) is 4.00. The van der Waals surface area contributed by atoms with Crippen LogP contribution in [0.25, 0.3) is 0 Å².